The van der Waals surface area contributed by atoms with Gasteiger partial charge in [0.15, 0.2) is 0 Å². The molecule has 1 aromatic carbocycles. The number of ether oxygens (including phenoxy) is 1. The van der Waals surface area contributed by atoms with Gasteiger partial charge in [-0.15, -0.1) is 0 Å². The van der Waals surface area contributed by atoms with Crippen LogP contribution in [-0.2, 0) is 6.54 Å². The van der Waals surface area contributed by atoms with E-state index >= 15 is 0 Å². The van der Waals surface area contributed by atoms with E-state index in [1.807, 2.05) is 38.1 Å². The van der Waals surface area contributed by atoms with Crippen LogP contribution in [0.3, 0.4) is 0 Å². The molecule has 0 unspecified atom stereocenters. The second kappa shape index (κ2) is 6.74. The summed E-state index contributed by atoms with van der Waals surface area (Å²) < 4.78 is 5.05. The van der Waals surface area contributed by atoms with Crippen molar-refractivity contribution in [2.75, 3.05) is 12.4 Å². The first kappa shape index (κ1) is 14.8. The van der Waals surface area contributed by atoms with E-state index in [-0.39, 0.29) is 6.03 Å². The van der Waals surface area contributed by atoms with E-state index < -0.39 is 0 Å². The van der Waals surface area contributed by atoms with E-state index in [1.165, 1.54) is 0 Å². The number of pyridine rings is 1. The van der Waals surface area contributed by atoms with Crippen LogP contribution >= 0.6 is 0 Å². The zero-order valence-electron chi connectivity index (χ0n) is 12.4. The standard InChI is InChI=1S/C16H19N3O2/c1-11-4-5-12(2)14(8-11)19-16(20)18-10-13-6-7-17-15(9-13)21-3/h4-9H,10H2,1-3H3,(H2,18,19,20). The molecule has 0 saturated heterocycles. The third-order valence-electron chi connectivity index (χ3n) is 3.10. The molecular formula is C16H19N3O2. The molecule has 1 aromatic heterocycles. The Bertz CT molecular complexity index is 641. The second-order valence-electron chi connectivity index (χ2n) is 4.83. The molecule has 0 bridgehead atoms. The van der Waals surface area contributed by atoms with Gasteiger partial charge < -0.3 is 15.4 Å². The van der Waals surface area contributed by atoms with Crippen LogP contribution in [0.1, 0.15) is 16.7 Å². The molecule has 0 aliphatic rings. The predicted molar refractivity (Wildman–Crippen MR) is 82.6 cm³/mol. The zero-order chi connectivity index (χ0) is 15.2. The monoisotopic (exact) mass is 285 g/mol. The third-order valence-corrected chi connectivity index (χ3v) is 3.10. The van der Waals surface area contributed by atoms with Gasteiger partial charge in [0.2, 0.25) is 5.88 Å². The topological polar surface area (TPSA) is 63.2 Å². The van der Waals surface area contributed by atoms with Crippen molar-refractivity contribution in [1.29, 1.82) is 0 Å². The number of benzene rings is 1. The van der Waals surface area contributed by atoms with Gasteiger partial charge in [-0.25, -0.2) is 9.78 Å². The van der Waals surface area contributed by atoms with Crippen molar-refractivity contribution in [2.24, 2.45) is 0 Å². The van der Waals surface area contributed by atoms with Gasteiger partial charge in [0.25, 0.3) is 0 Å². The lowest BCUT2D eigenvalue weighted by Gasteiger charge is -2.11. The van der Waals surface area contributed by atoms with Crippen LogP contribution in [0.4, 0.5) is 10.5 Å². The van der Waals surface area contributed by atoms with E-state index in [0.717, 1.165) is 22.4 Å². The molecule has 5 heteroatoms. The van der Waals surface area contributed by atoms with Gasteiger partial charge in [-0.3, -0.25) is 0 Å². The highest BCUT2D eigenvalue weighted by Crippen LogP contribution is 2.16. The minimum absolute atomic E-state index is 0.237. The predicted octanol–water partition coefficient (Wildman–Crippen LogP) is 3.03. The molecule has 2 aromatic rings. The van der Waals surface area contributed by atoms with Gasteiger partial charge in [0, 0.05) is 24.5 Å². The Kier molecular flexibility index (Phi) is 4.77. The lowest BCUT2D eigenvalue weighted by Crippen LogP contribution is -2.28. The number of aromatic nitrogens is 1. The summed E-state index contributed by atoms with van der Waals surface area (Å²) in [5.41, 5.74) is 3.88. The van der Waals surface area contributed by atoms with Crippen molar-refractivity contribution in [3.05, 3.63) is 53.2 Å². The molecule has 0 spiro atoms. The van der Waals surface area contributed by atoms with Crippen molar-refractivity contribution in [3.8, 4) is 5.88 Å². The molecule has 5 nitrogen and oxygen atoms in total. The van der Waals surface area contributed by atoms with Gasteiger partial charge in [-0.1, -0.05) is 12.1 Å². The van der Waals surface area contributed by atoms with Gasteiger partial charge >= 0.3 is 6.03 Å². The van der Waals surface area contributed by atoms with E-state index in [9.17, 15) is 4.79 Å². The van der Waals surface area contributed by atoms with Crippen molar-refractivity contribution in [2.45, 2.75) is 20.4 Å². The Labute approximate surface area is 124 Å². The number of anilines is 1. The van der Waals surface area contributed by atoms with Crippen molar-refractivity contribution < 1.29 is 9.53 Å². The molecule has 0 radical (unpaired) electrons. The smallest absolute Gasteiger partial charge is 0.319 e. The zero-order valence-corrected chi connectivity index (χ0v) is 12.4. The molecule has 2 amide bonds. The van der Waals surface area contributed by atoms with Gasteiger partial charge in [-0.2, -0.15) is 0 Å². The Hall–Kier alpha value is -2.56. The summed E-state index contributed by atoms with van der Waals surface area (Å²) in [6, 6.07) is 9.34. The molecule has 2 rings (SSSR count). The van der Waals surface area contributed by atoms with Crippen molar-refractivity contribution in [1.82, 2.24) is 10.3 Å². The van der Waals surface area contributed by atoms with Crippen LogP contribution in [0.15, 0.2) is 36.5 Å². The van der Waals surface area contributed by atoms with E-state index in [4.69, 9.17) is 4.74 Å². The molecule has 0 fully saturated rings. The minimum atomic E-state index is -0.237. The molecular weight excluding hydrogens is 266 g/mol. The number of carbonyl (C=O) groups is 1. The lowest BCUT2D eigenvalue weighted by molar-refractivity contribution is 0.251. The molecule has 1 heterocycles. The summed E-state index contributed by atoms with van der Waals surface area (Å²) in [5.74, 6) is 0.532. The van der Waals surface area contributed by atoms with E-state index in [1.54, 1.807) is 19.4 Å². The number of urea groups is 1. The molecule has 0 aliphatic heterocycles. The van der Waals surface area contributed by atoms with Gasteiger partial charge in [0.1, 0.15) is 0 Å². The first-order valence-corrected chi connectivity index (χ1v) is 6.69. The van der Waals surface area contributed by atoms with E-state index in [0.29, 0.717) is 12.4 Å². The number of hydrogen-bond acceptors (Lipinski definition) is 3. The molecule has 0 atom stereocenters. The van der Waals surface area contributed by atoms with Crippen molar-refractivity contribution >= 4 is 11.7 Å². The molecule has 21 heavy (non-hydrogen) atoms. The summed E-state index contributed by atoms with van der Waals surface area (Å²) in [6.45, 7) is 4.37. The maximum Gasteiger partial charge on any atom is 0.319 e. The average molecular weight is 285 g/mol. The highest BCUT2D eigenvalue weighted by atomic mass is 16.5. The second-order valence-corrected chi connectivity index (χ2v) is 4.83. The van der Waals surface area contributed by atoms with Crippen LogP contribution in [-0.4, -0.2) is 18.1 Å². The number of hydrogen-bond donors (Lipinski definition) is 2. The van der Waals surface area contributed by atoms with Gasteiger partial charge in [-0.05, 0) is 42.7 Å². The number of carbonyl (C=O) groups excluding carboxylic acids is 1. The number of nitrogens with zero attached hydrogens (tertiary/aromatic N) is 1. The molecule has 2 N–H and O–H groups in total. The highest BCUT2D eigenvalue weighted by molar-refractivity contribution is 5.90. The van der Waals surface area contributed by atoms with Crippen molar-refractivity contribution in [3.63, 3.8) is 0 Å². The largest absolute Gasteiger partial charge is 0.481 e. The Morgan fingerprint density at radius 2 is 2.05 bits per heavy atom. The average Bonchev–Trinajstić information content (AvgIpc) is 2.49. The number of nitrogens with one attached hydrogen (secondary N) is 2. The van der Waals surface area contributed by atoms with Crippen LogP contribution in [0.2, 0.25) is 0 Å². The lowest BCUT2D eigenvalue weighted by atomic mass is 10.1. The summed E-state index contributed by atoms with van der Waals surface area (Å²) >= 11 is 0. The fourth-order valence-corrected chi connectivity index (χ4v) is 1.89. The first-order valence-electron chi connectivity index (χ1n) is 6.69. The minimum Gasteiger partial charge on any atom is -0.481 e. The summed E-state index contributed by atoms with van der Waals surface area (Å²) in [5, 5.41) is 5.67. The third kappa shape index (κ3) is 4.21. The first-order chi connectivity index (χ1) is 10.1. The highest BCUT2D eigenvalue weighted by Gasteiger charge is 2.05. The SMILES string of the molecule is COc1cc(CNC(=O)Nc2cc(C)ccc2C)ccn1. The van der Waals surface area contributed by atoms with Gasteiger partial charge in [0.05, 0.1) is 7.11 Å². The maximum atomic E-state index is 11.9. The van der Waals surface area contributed by atoms with Crippen LogP contribution in [0, 0.1) is 13.8 Å². The van der Waals surface area contributed by atoms with E-state index in [2.05, 4.69) is 15.6 Å². The fraction of sp³-hybridized carbons (Fsp3) is 0.250. The quantitative estimate of drug-likeness (QED) is 0.907. The fourth-order valence-electron chi connectivity index (χ4n) is 1.89. The number of amides is 2. The number of methoxy groups -OCH3 is 1. The van der Waals surface area contributed by atoms with Crippen LogP contribution in [0.25, 0.3) is 0 Å². The Balaban J connectivity index is 1.94. The molecule has 110 valence electrons. The summed E-state index contributed by atoms with van der Waals surface area (Å²) in [7, 11) is 1.56. The normalized spacial score (nSPS) is 10.0. The van der Waals surface area contributed by atoms with Crippen LogP contribution in [0.5, 0.6) is 5.88 Å². The molecule has 0 aliphatic carbocycles. The number of aryl methyl sites for hydroxylation is 2. The maximum absolute atomic E-state index is 11.9. The number of rotatable bonds is 4. The van der Waals surface area contributed by atoms with Crippen LogP contribution < -0.4 is 15.4 Å². The summed E-state index contributed by atoms with van der Waals surface area (Å²) in [6.07, 6.45) is 1.65. The molecule has 0 saturated carbocycles. The Morgan fingerprint density at radius 1 is 1.24 bits per heavy atom. The summed E-state index contributed by atoms with van der Waals surface area (Å²) in [4.78, 5) is 16.0. The Morgan fingerprint density at radius 3 is 2.81 bits per heavy atom.